The number of aromatic nitrogens is 1. The number of rotatable bonds is 7. The van der Waals surface area contributed by atoms with Gasteiger partial charge in [-0.25, -0.2) is 17.2 Å². The number of alkyl halides is 4. The van der Waals surface area contributed by atoms with Gasteiger partial charge in [-0.3, -0.25) is 4.79 Å². The van der Waals surface area contributed by atoms with E-state index in [1.165, 1.54) is 48.5 Å². The molecule has 3 rings (SSSR count). The molecule has 0 radical (unpaired) electrons. The molecule has 2 N–H and O–H groups in total. The zero-order valence-electron chi connectivity index (χ0n) is 15.2. The average molecular weight is 441 g/mol. The van der Waals surface area contributed by atoms with Crippen molar-refractivity contribution in [3.63, 3.8) is 0 Å². The van der Waals surface area contributed by atoms with Crippen LogP contribution in [0, 0.1) is 0 Å². The van der Waals surface area contributed by atoms with Crippen molar-refractivity contribution in [1.82, 2.24) is 4.98 Å². The Morgan fingerprint density at radius 1 is 1.00 bits per heavy atom. The molecule has 1 aromatic heterocycles. The van der Waals surface area contributed by atoms with Gasteiger partial charge in [-0.05, 0) is 5.56 Å². The minimum absolute atomic E-state index is 0.172. The number of hydrogen-bond donors (Lipinski definition) is 2. The molecule has 158 valence electrons. The summed E-state index contributed by atoms with van der Waals surface area (Å²) in [7, 11) is -4.57. The van der Waals surface area contributed by atoms with Crippen LogP contribution in [0.25, 0.3) is 11.3 Å². The molecule has 0 aliphatic rings. The fourth-order valence-electron chi connectivity index (χ4n) is 2.88. The van der Waals surface area contributed by atoms with Crippen molar-refractivity contribution in [2.24, 2.45) is 0 Å². The largest absolute Gasteiger partial charge is 0.504 e. The summed E-state index contributed by atoms with van der Waals surface area (Å²) in [4.78, 5) is 13.2. The van der Waals surface area contributed by atoms with Crippen LogP contribution in [-0.2, 0) is 15.6 Å². The number of carbonyl (C=O) groups excluding carboxylic acids is 1. The highest BCUT2D eigenvalue weighted by Gasteiger charge is 2.52. The fraction of sp³-hybridized carbons (Fsp3) is 0.150. The number of benzene rings is 2. The topological polar surface area (TPSA) is 87.2 Å². The predicted molar refractivity (Wildman–Crippen MR) is 101 cm³/mol. The molecule has 0 amide bonds. The van der Waals surface area contributed by atoms with Crippen LogP contribution in [0.2, 0.25) is 0 Å². The molecule has 3 aromatic rings. The number of carbonyl (C=O) groups is 1. The quantitative estimate of drug-likeness (QED) is 0.419. The molecule has 0 atom stereocenters. The SMILES string of the molecule is O=C(c1[nH]c(-c2ccccc2)c(O)c1S(=O)(=O)Cc1ccccc1)C(F)(F)C(F)F. The van der Waals surface area contributed by atoms with E-state index in [2.05, 4.69) is 4.98 Å². The molecule has 1 heterocycles. The smallest absolute Gasteiger partial charge is 0.370 e. The Kier molecular flexibility index (Phi) is 5.71. The van der Waals surface area contributed by atoms with E-state index in [-0.39, 0.29) is 16.8 Å². The van der Waals surface area contributed by atoms with E-state index < -0.39 is 50.1 Å². The van der Waals surface area contributed by atoms with Crippen LogP contribution in [0.5, 0.6) is 5.75 Å². The summed E-state index contributed by atoms with van der Waals surface area (Å²) in [5.41, 5.74) is -1.23. The molecule has 0 aliphatic heterocycles. The molecule has 0 saturated carbocycles. The Hall–Kier alpha value is -3.14. The van der Waals surface area contributed by atoms with Gasteiger partial charge in [0.2, 0.25) is 0 Å². The first-order chi connectivity index (χ1) is 14.1. The van der Waals surface area contributed by atoms with Crippen LogP contribution in [0.1, 0.15) is 16.1 Å². The number of hydrogen-bond acceptors (Lipinski definition) is 4. The first kappa shape index (κ1) is 21.6. The molecular weight excluding hydrogens is 426 g/mol. The number of nitrogens with one attached hydrogen (secondary N) is 1. The van der Waals surface area contributed by atoms with Gasteiger partial charge >= 0.3 is 12.3 Å². The number of H-pyrrole nitrogens is 1. The summed E-state index contributed by atoms with van der Waals surface area (Å²) >= 11 is 0. The van der Waals surface area contributed by atoms with E-state index >= 15 is 0 Å². The maximum absolute atomic E-state index is 13.8. The van der Waals surface area contributed by atoms with Gasteiger partial charge in [-0.1, -0.05) is 60.7 Å². The van der Waals surface area contributed by atoms with Crippen molar-refractivity contribution in [2.45, 2.75) is 23.0 Å². The monoisotopic (exact) mass is 441 g/mol. The van der Waals surface area contributed by atoms with Gasteiger partial charge in [0.1, 0.15) is 10.6 Å². The molecule has 10 heteroatoms. The average Bonchev–Trinajstić information content (AvgIpc) is 3.06. The van der Waals surface area contributed by atoms with Gasteiger partial charge in [0, 0.05) is 5.56 Å². The minimum atomic E-state index is -5.15. The Morgan fingerprint density at radius 2 is 1.53 bits per heavy atom. The number of Topliss-reactive ketones (excluding diaryl/α,β-unsaturated/α-hetero) is 1. The van der Waals surface area contributed by atoms with Crippen molar-refractivity contribution in [2.75, 3.05) is 0 Å². The number of halogens is 4. The third-order valence-electron chi connectivity index (χ3n) is 4.31. The first-order valence-corrected chi connectivity index (χ1v) is 10.2. The van der Waals surface area contributed by atoms with Gasteiger partial charge in [0.05, 0.1) is 11.4 Å². The molecule has 0 fully saturated rings. The van der Waals surface area contributed by atoms with Crippen LogP contribution < -0.4 is 0 Å². The van der Waals surface area contributed by atoms with Crippen LogP contribution >= 0.6 is 0 Å². The van der Waals surface area contributed by atoms with Crippen LogP contribution in [0.4, 0.5) is 17.6 Å². The second-order valence-electron chi connectivity index (χ2n) is 6.42. The zero-order chi connectivity index (χ0) is 22.1. The maximum Gasteiger partial charge on any atom is 0.370 e. The van der Waals surface area contributed by atoms with E-state index in [9.17, 15) is 35.9 Å². The minimum Gasteiger partial charge on any atom is -0.504 e. The molecule has 0 unspecified atom stereocenters. The summed E-state index contributed by atoms with van der Waals surface area (Å²) in [6.45, 7) is 0. The van der Waals surface area contributed by atoms with E-state index in [0.717, 1.165) is 0 Å². The van der Waals surface area contributed by atoms with Crippen molar-refractivity contribution < 1.29 is 35.9 Å². The van der Waals surface area contributed by atoms with Crippen LogP contribution in [-0.4, -0.2) is 36.6 Å². The van der Waals surface area contributed by atoms with E-state index in [4.69, 9.17) is 0 Å². The van der Waals surface area contributed by atoms with Gasteiger partial charge in [-0.15, -0.1) is 0 Å². The van der Waals surface area contributed by atoms with E-state index in [1.54, 1.807) is 12.1 Å². The number of ketones is 1. The Balaban J connectivity index is 2.22. The number of aromatic amines is 1. The lowest BCUT2D eigenvalue weighted by Crippen LogP contribution is -2.37. The lowest BCUT2D eigenvalue weighted by molar-refractivity contribution is -0.0961. The first-order valence-electron chi connectivity index (χ1n) is 8.53. The third kappa shape index (κ3) is 3.95. The molecule has 0 aliphatic carbocycles. The summed E-state index contributed by atoms with van der Waals surface area (Å²) < 4.78 is 78.9. The third-order valence-corrected chi connectivity index (χ3v) is 6.04. The standard InChI is InChI=1S/C20H15F4NO4S/c21-19(22)20(23,24)18(27)15-17(30(28,29)11-12-7-3-1-4-8-12)16(26)14(25-15)13-9-5-2-6-10-13/h1-10,19,25-26H,11H2. The zero-order valence-corrected chi connectivity index (χ0v) is 16.0. The molecule has 5 nitrogen and oxygen atoms in total. The highest BCUT2D eigenvalue weighted by atomic mass is 32.2. The lowest BCUT2D eigenvalue weighted by atomic mass is 10.1. The van der Waals surface area contributed by atoms with Gasteiger partial charge < -0.3 is 10.1 Å². The molecule has 0 spiro atoms. The Bertz CT molecular complexity index is 1160. The highest BCUT2D eigenvalue weighted by molar-refractivity contribution is 7.90. The van der Waals surface area contributed by atoms with Gasteiger partial charge in [0.25, 0.3) is 5.78 Å². The summed E-state index contributed by atoms with van der Waals surface area (Å²) in [5.74, 6) is -9.32. The van der Waals surface area contributed by atoms with Gasteiger partial charge in [-0.2, -0.15) is 8.78 Å². The fourth-order valence-corrected chi connectivity index (χ4v) is 4.51. The second-order valence-corrected chi connectivity index (χ2v) is 8.34. The maximum atomic E-state index is 13.8. The Labute approximate surface area is 168 Å². The summed E-state index contributed by atoms with van der Waals surface area (Å²) in [6.07, 6.45) is -4.36. The van der Waals surface area contributed by atoms with Crippen LogP contribution in [0.3, 0.4) is 0 Å². The second kappa shape index (κ2) is 7.94. The highest BCUT2D eigenvalue weighted by Crippen LogP contribution is 2.41. The number of aromatic hydroxyl groups is 1. The van der Waals surface area contributed by atoms with Crippen molar-refractivity contribution >= 4 is 15.6 Å². The molecule has 0 saturated heterocycles. The molecule has 30 heavy (non-hydrogen) atoms. The molecule has 2 aromatic carbocycles. The summed E-state index contributed by atoms with van der Waals surface area (Å²) in [5, 5.41) is 10.5. The number of sulfone groups is 1. The van der Waals surface area contributed by atoms with Crippen LogP contribution in [0.15, 0.2) is 65.6 Å². The van der Waals surface area contributed by atoms with E-state index in [1.807, 2.05) is 0 Å². The van der Waals surface area contributed by atoms with Crippen molar-refractivity contribution in [3.8, 4) is 17.0 Å². The molecule has 0 bridgehead atoms. The van der Waals surface area contributed by atoms with Gasteiger partial charge in [0.15, 0.2) is 15.6 Å². The van der Waals surface area contributed by atoms with E-state index in [0.29, 0.717) is 0 Å². The summed E-state index contributed by atoms with van der Waals surface area (Å²) in [6, 6.07) is 15.0. The predicted octanol–water partition coefficient (Wildman–Crippen LogP) is 4.44. The lowest BCUT2D eigenvalue weighted by Gasteiger charge is -2.14. The molecular formula is C20H15F4NO4S. The van der Waals surface area contributed by atoms with Crippen molar-refractivity contribution in [1.29, 1.82) is 0 Å². The van der Waals surface area contributed by atoms with Crippen molar-refractivity contribution in [3.05, 3.63) is 71.9 Å². The Morgan fingerprint density at radius 3 is 2.07 bits per heavy atom. The normalized spacial score (nSPS) is 12.3.